The fourth-order valence-corrected chi connectivity index (χ4v) is 1.84. The fourth-order valence-electron chi connectivity index (χ4n) is 1.84. The molecule has 1 aromatic rings. The van der Waals surface area contributed by atoms with Gasteiger partial charge in [0.1, 0.15) is 5.75 Å². The van der Waals surface area contributed by atoms with Crippen molar-refractivity contribution >= 4 is 0 Å². The van der Waals surface area contributed by atoms with Gasteiger partial charge < -0.3 is 15.3 Å². The highest BCUT2D eigenvalue weighted by molar-refractivity contribution is 5.33. The molecule has 3 heteroatoms. The van der Waals surface area contributed by atoms with Crippen LogP contribution in [0.3, 0.4) is 0 Å². The van der Waals surface area contributed by atoms with Crippen LogP contribution in [0.2, 0.25) is 0 Å². The number of hydrogen-bond donors (Lipinski definition) is 2. The van der Waals surface area contributed by atoms with E-state index in [-0.39, 0.29) is 6.04 Å². The van der Waals surface area contributed by atoms with Crippen molar-refractivity contribution in [2.75, 3.05) is 27.2 Å². The number of benzene rings is 1. The van der Waals surface area contributed by atoms with Crippen molar-refractivity contribution < 1.29 is 5.11 Å². The Morgan fingerprint density at radius 1 is 1.24 bits per heavy atom. The van der Waals surface area contributed by atoms with Crippen LogP contribution >= 0.6 is 0 Å². The van der Waals surface area contributed by atoms with Gasteiger partial charge in [-0.1, -0.05) is 18.2 Å². The molecule has 0 radical (unpaired) electrons. The zero-order valence-corrected chi connectivity index (χ0v) is 11.1. The lowest BCUT2D eigenvalue weighted by Gasteiger charge is -2.16. The van der Waals surface area contributed by atoms with Gasteiger partial charge in [0, 0.05) is 11.6 Å². The Hall–Kier alpha value is -1.06. The number of rotatable bonds is 7. The largest absolute Gasteiger partial charge is 0.508 e. The summed E-state index contributed by atoms with van der Waals surface area (Å²) in [4.78, 5) is 2.20. The molecule has 0 aliphatic heterocycles. The predicted octanol–water partition coefficient (Wildman–Crippen LogP) is 2.38. The molecule has 0 aromatic heterocycles. The third-order valence-electron chi connectivity index (χ3n) is 2.89. The summed E-state index contributed by atoms with van der Waals surface area (Å²) in [6.07, 6.45) is 2.36. The van der Waals surface area contributed by atoms with Crippen LogP contribution in [-0.2, 0) is 0 Å². The molecule has 0 bridgehead atoms. The maximum Gasteiger partial charge on any atom is 0.120 e. The maximum atomic E-state index is 9.71. The van der Waals surface area contributed by atoms with Crippen LogP contribution in [0.5, 0.6) is 5.75 Å². The smallest absolute Gasteiger partial charge is 0.120 e. The van der Waals surface area contributed by atoms with Crippen LogP contribution in [0.4, 0.5) is 0 Å². The number of unbranched alkanes of at least 4 members (excludes halogenated alkanes) is 1. The Labute approximate surface area is 104 Å². The molecular weight excluding hydrogens is 212 g/mol. The summed E-state index contributed by atoms with van der Waals surface area (Å²) in [6, 6.07) is 7.71. The summed E-state index contributed by atoms with van der Waals surface area (Å²) in [5, 5.41) is 13.1. The van der Waals surface area contributed by atoms with Gasteiger partial charge in [0.2, 0.25) is 0 Å². The van der Waals surface area contributed by atoms with Crippen LogP contribution in [0.1, 0.15) is 31.4 Å². The highest BCUT2D eigenvalue weighted by Crippen LogP contribution is 2.22. The van der Waals surface area contributed by atoms with Crippen molar-refractivity contribution in [2.45, 2.75) is 25.8 Å². The molecule has 0 aliphatic carbocycles. The Balaban J connectivity index is 2.26. The van der Waals surface area contributed by atoms with Crippen LogP contribution in [0.15, 0.2) is 24.3 Å². The number of phenols is 1. The van der Waals surface area contributed by atoms with E-state index in [0.717, 1.165) is 25.1 Å². The van der Waals surface area contributed by atoms with Gasteiger partial charge in [0.05, 0.1) is 0 Å². The normalized spacial score (nSPS) is 12.9. The van der Waals surface area contributed by atoms with Crippen molar-refractivity contribution in [3.05, 3.63) is 29.8 Å². The average Bonchev–Trinajstić information content (AvgIpc) is 2.28. The molecule has 0 heterocycles. The summed E-state index contributed by atoms with van der Waals surface area (Å²) in [7, 11) is 4.19. The second-order valence-corrected chi connectivity index (χ2v) is 4.75. The summed E-state index contributed by atoms with van der Waals surface area (Å²) in [5.41, 5.74) is 0.972. The third-order valence-corrected chi connectivity index (χ3v) is 2.89. The summed E-state index contributed by atoms with van der Waals surface area (Å²) in [5.74, 6) is 0.376. The van der Waals surface area contributed by atoms with Gasteiger partial charge in [0.25, 0.3) is 0 Å². The molecule has 1 rings (SSSR count). The van der Waals surface area contributed by atoms with E-state index < -0.39 is 0 Å². The Morgan fingerprint density at radius 2 is 1.94 bits per heavy atom. The number of nitrogens with one attached hydrogen (secondary N) is 1. The first-order chi connectivity index (χ1) is 8.11. The number of para-hydroxylation sites is 1. The fraction of sp³-hybridized carbons (Fsp3) is 0.571. The zero-order valence-electron chi connectivity index (χ0n) is 11.1. The molecule has 1 unspecified atom stereocenters. The van der Waals surface area contributed by atoms with E-state index in [1.165, 1.54) is 6.42 Å². The molecule has 0 aliphatic rings. The van der Waals surface area contributed by atoms with E-state index in [4.69, 9.17) is 0 Å². The van der Waals surface area contributed by atoms with Gasteiger partial charge in [-0.15, -0.1) is 0 Å². The summed E-state index contributed by atoms with van der Waals surface area (Å²) >= 11 is 0. The lowest BCUT2D eigenvalue weighted by molar-refractivity contribution is 0.388. The minimum absolute atomic E-state index is 0.204. The highest BCUT2D eigenvalue weighted by Gasteiger charge is 2.07. The molecule has 1 atom stereocenters. The molecule has 17 heavy (non-hydrogen) atoms. The van der Waals surface area contributed by atoms with E-state index in [1.807, 2.05) is 18.2 Å². The quantitative estimate of drug-likeness (QED) is 0.714. The Kier molecular flexibility index (Phi) is 6.01. The monoisotopic (exact) mass is 236 g/mol. The van der Waals surface area contributed by atoms with E-state index >= 15 is 0 Å². The van der Waals surface area contributed by atoms with Gasteiger partial charge in [-0.05, 0) is 53.0 Å². The van der Waals surface area contributed by atoms with Crippen LogP contribution in [0, 0.1) is 0 Å². The van der Waals surface area contributed by atoms with Gasteiger partial charge in [-0.3, -0.25) is 0 Å². The molecule has 3 nitrogen and oxygen atoms in total. The highest BCUT2D eigenvalue weighted by atomic mass is 16.3. The molecule has 0 saturated heterocycles. The average molecular weight is 236 g/mol. The number of nitrogens with zero attached hydrogens (tertiary/aromatic N) is 1. The summed E-state index contributed by atoms with van der Waals surface area (Å²) in [6.45, 7) is 4.21. The Bertz CT molecular complexity index is 326. The van der Waals surface area contributed by atoms with Crippen molar-refractivity contribution in [1.82, 2.24) is 10.2 Å². The lowest BCUT2D eigenvalue weighted by atomic mass is 10.1. The first-order valence-electron chi connectivity index (χ1n) is 6.27. The molecule has 1 aromatic carbocycles. The van der Waals surface area contributed by atoms with Crippen molar-refractivity contribution in [3.63, 3.8) is 0 Å². The SMILES string of the molecule is CC(NCCCCN(C)C)c1ccccc1O. The number of hydrogen-bond acceptors (Lipinski definition) is 3. The molecule has 2 N–H and O–H groups in total. The molecule has 0 spiro atoms. The van der Waals surface area contributed by atoms with Crippen molar-refractivity contribution in [1.29, 1.82) is 0 Å². The van der Waals surface area contributed by atoms with E-state index in [2.05, 4.69) is 31.2 Å². The first-order valence-corrected chi connectivity index (χ1v) is 6.27. The first kappa shape index (κ1) is 14.0. The predicted molar refractivity (Wildman–Crippen MR) is 72.3 cm³/mol. The van der Waals surface area contributed by atoms with E-state index in [9.17, 15) is 5.11 Å². The molecule has 96 valence electrons. The Morgan fingerprint density at radius 3 is 2.59 bits per heavy atom. The van der Waals surface area contributed by atoms with Crippen LogP contribution < -0.4 is 5.32 Å². The molecule has 0 saturated carbocycles. The van der Waals surface area contributed by atoms with E-state index in [1.54, 1.807) is 6.07 Å². The topological polar surface area (TPSA) is 35.5 Å². The zero-order chi connectivity index (χ0) is 12.7. The minimum Gasteiger partial charge on any atom is -0.508 e. The van der Waals surface area contributed by atoms with Gasteiger partial charge in [-0.2, -0.15) is 0 Å². The van der Waals surface area contributed by atoms with E-state index in [0.29, 0.717) is 5.75 Å². The van der Waals surface area contributed by atoms with Crippen molar-refractivity contribution in [2.24, 2.45) is 0 Å². The minimum atomic E-state index is 0.204. The number of aromatic hydroxyl groups is 1. The van der Waals surface area contributed by atoms with Gasteiger partial charge in [0.15, 0.2) is 0 Å². The van der Waals surface area contributed by atoms with Crippen LogP contribution in [0.25, 0.3) is 0 Å². The second kappa shape index (κ2) is 7.30. The summed E-state index contributed by atoms with van der Waals surface area (Å²) < 4.78 is 0. The number of phenolic OH excluding ortho intramolecular Hbond substituents is 1. The molecule has 0 amide bonds. The van der Waals surface area contributed by atoms with Gasteiger partial charge >= 0.3 is 0 Å². The lowest BCUT2D eigenvalue weighted by Crippen LogP contribution is -2.21. The van der Waals surface area contributed by atoms with Crippen LogP contribution in [-0.4, -0.2) is 37.2 Å². The molecular formula is C14H24N2O. The maximum absolute atomic E-state index is 9.71. The molecule has 0 fully saturated rings. The van der Waals surface area contributed by atoms with Gasteiger partial charge in [-0.25, -0.2) is 0 Å². The third kappa shape index (κ3) is 5.20. The van der Waals surface area contributed by atoms with Crippen molar-refractivity contribution in [3.8, 4) is 5.75 Å². The second-order valence-electron chi connectivity index (χ2n) is 4.75. The standard InChI is InChI=1S/C14H24N2O/c1-12(13-8-4-5-9-14(13)17)15-10-6-7-11-16(2)3/h4-5,8-9,12,15,17H,6-7,10-11H2,1-3H3.